The zero-order valence-corrected chi connectivity index (χ0v) is 14.9. The van der Waals surface area contributed by atoms with E-state index in [1.165, 1.54) is 13.8 Å². The van der Waals surface area contributed by atoms with Crippen molar-refractivity contribution in [3.05, 3.63) is 35.9 Å². The molecular weight excluding hydrogens is 353 g/mol. The van der Waals surface area contributed by atoms with Gasteiger partial charge in [0.15, 0.2) is 18.0 Å². The van der Waals surface area contributed by atoms with E-state index >= 15 is 0 Å². The first-order valence-corrected chi connectivity index (χ1v) is 8.30. The predicted molar refractivity (Wildman–Crippen MR) is 86.1 cm³/mol. The molecule has 26 heavy (non-hydrogen) atoms. The van der Waals surface area contributed by atoms with Gasteiger partial charge in [-0.3, -0.25) is 4.79 Å². The van der Waals surface area contributed by atoms with Crippen LogP contribution in [-0.2, 0) is 30.3 Å². The molecule has 3 atom stereocenters. The molecule has 0 bridgehead atoms. The molecule has 0 aliphatic carbocycles. The van der Waals surface area contributed by atoms with Crippen molar-refractivity contribution < 1.29 is 36.9 Å². The molecule has 1 aromatic carbocycles. The van der Waals surface area contributed by atoms with Crippen molar-refractivity contribution >= 4 is 5.97 Å². The van der Waals surface area contributed by atoms with Crippen LogP contribution in [0, 0.1) is 0 Å². The van der Waals surface area contributed by atoms with E-state index in [9.17, 15) is 18.0 Å². The van der Waals surface area contributed by atoms with Crippen LogP contribution in [0.2, 0.25) is 0 Å². The standard InChI is InChI=1S/C18H23F3O5/c1-12(22)24-15-14(9-10-23-11-13-7-5-4-6-8-13)25-17(2,3)26-16(15)18(19,20)21/h4-8,14-16H,9-11H2,1-3H3/t14-,15-,16+/m0/s1. The van der Waals surface area contributed by atoms with Crippen molar-refractivity contribution in [2.45, 2.75) is 64.1 Å². The van der Waals surface area contributed by atoms with Gasteiger partial charge in [-0.15, -0.1) is 0 Å². The molecule has 146 valence electrons. The van der Waals surface area contributed by atoms with Crippen LogP contribution in [0.25, 0.3) is 0 Å². The molecule has 0 aromatic heterocycles. The molecule has 8 heteroatoms. The van der Waals surface area contributed by atoms with Crippen LogP contribution in [0.4, 0.5) is 13.2 Å². The normalized spacial score (nSPS) is 25.7. The topological polar surface area (TPSA) is 54.0 Å². The Hall–Kier alpha value is -1.64. The number of benzene rings is 1. The highest BCUT2D eigenvalue weighted by molar-refractivity contribution is 5.66. The quantitative estimate of drug-likeness (QED) is 0.561. The van der Waals surface area contributed by atoms with Gasteiger partial charge < -0.3 is 18.9 Å². The molecule has 0 unspecified atom stereocenters. The van der Waals surface area contributed by atoms with Gasteiger partial charge in [-0.25, -0.2) is 0 Å². The van der Waals surface area contributed by atoms with E-state index < -0.39 is 36.2 Å². The number of esters is 1. The van der Waals surface area contributed by atoms with Gasteiger partial charge >= 0.3 is 12.1 Å². The molecule has 0 saturated carbocycles. The van der Waals surface area contributed by atoms with E-state index in [0.29, 0.717) is 6.61 Å². The molecule has 5 nitrogen and oxygen atoms in total. The van der Waals surface area contributed by atoms with E-state index in [1.807, 2.05) is 30.3 Å². The second-order valence-corrected chi connectivity index (χ2v) is 6.54. The lowest BCUT2D eigenvalue weighted by Gasteiger charge is -2.45. The summed E-state index contributed by atoms with van der Waals surface area (Å²) in [6.45, 7) is 4.32. The second kappa shape index (κ2) is 8.37. The third-order valence-corrected chi connectivity index (χ3v) is 3.79. The number of hydrogen-bond donors (Lipinski definition) is 0. The van der Waals surface area contributed by atoms with Crippen molar-refractivity contribution in [1.82, 2.24) is 0 Å². The molecule has 1 aliphatic rings. The first-order valence-electron chi connectivity index (χ1n) is 8.30. The van der Waals surface area contributed by atoms with E-state index in [0.717, 1.165) is 12.5 Å². The average Bonchev–Trinajstić information content (AvgIpc) is 2.53. The lowest BCUT2D eigenvalue weighted by atomic mass is 10.0. The highest BCUT2D eigenvalue weighted by atomic mass is 19.4. The SMILES string of the molecule is CC(=O)O[C@H]1[C@H](CCOCc2ccccc2)OC(C)(C)O[C@H]1C(F)(F)F. The Morgan fingerprint density at radius 3 is 2.42 bits per heavy atom. The van der Waals surface area contributed by atoms with Crippen LogP contribution in [-0.4, -0.2) is 42.9 Å². The Labute approximate surface area is 150 Å². The van der Waals surface area contributed by atoms with Gasteiger partial charge in [0.05, 0.1) is 6.61 Å². The van der Waals surface area contributed by atoms with E-state index in [1.54, 1.807) is 0 Å². The molecule has 1 fully saturated rings. The highest BCUT2D eigenvalue weighted by Crippen LogP contribution is 2.38. The minimum Gasteiger partial charge on any atom is -0.457 e. The fourth-order valence-electron chi connectivity index (χ4n) is 2.80. The van der Waals surface area contributed by atoms with Crippen LogP contribution < -0.4 is 0 Å². The third-order valence-electron chi connectivity index (χ3n) is 3.79. The molecule has 0 spiro atoms. The second-order valence-electron chi connectivity index (χ2n) is 6.54. The maximum absolute atomic E-state index is 13.4. The van der Waals surface area contributed by atoms with Crippen molar-refractivity contribution in [2.24, 2.45) is 0 Å². The Bertz CT molecular complexity index is 588. The summed E-state index contributed by atoms with van der Waals surface area (Å²) in [5.74, 6) is -2.28. The first kappa shape index (κ1) is 20.7. The lowest BCUT2D eigenvalue weighted by molar-refractivity contribution is -0.384. The summed E-state index contributed by atoms with van der Waals surface area (Å²) in [4.78, 5) is 11.3. The molecule has 1 saturated heterocycles. The molecule has 2 rings (SSSR count). The molecular formula is C18H23F3O5. The Balaban J connectivity index is 2.02. The van der Waals surface area contributed by atoms with Gasteiger partial charge in [0, 0.05) is 20.0 Å². The van der Waals surface area contributed by atoms with Crippen LogP contribution in [0.3, 0.4) is 0 Å². The molecule has 1 heterocycles. The van der Waals surface area contributed by atoms with E-state index in [2.05, 4.69) is 0 Å². The Kier molecular flexibility index (Phi) is 6.65. The summed E-state index contributed by atoms with van der Waals surface area (Å²) >= 11 is 0. The number of hydrogen-bond acceptors (Lipinski definition) is 5. The van der Waals surface area contributed by atoms with Crippen LogP contribution in [0.5, 0.6) is 0 Å². The highest BCUT2D eigenvalue weighted by Gasteiger charge is 2.56. The Morgan fingerprint density at radius 2 is 1.85 bits per heavy atom. The van der Waals surface area contributed by atoms with Gasteiger partial charge in [-0.1, -0.05) is 30.3 Å². The van der Waals surface area contributed by atoms with Crippen LogP contribution >= 0.6 is 0 Å². The minimum atomic E-state index is -4.69. The maximum Gasteiger partial charge on any atom is 0.418 e. The molecule has 1 aliphatic heterocycles. The summed E-state index contributed by atoms with van der Waals surface area (Å²) in [6.07, 6.45) is -9.39. The number of rotatable bonds is 6. The maximum atomic E-state index is 13.4. The van der Waals surface area contributed by atoms with Crippen LogP contribution in [0.1, 0.15) is 32.8 Å². The van der Waals surface area contributed by atoms with Crippen molar-refractivity contribution in [3.8, 4) is 0 Å². The average molecular weight is 376 g/mol. The zero-order chi connectivity index (χ0) is 19.4. The fraction of sp³-hybridized carbons (Fsp3) is 0.611. The smallest absolute Gasteiger partial charge is 0.418 e. The largest absolute Gasteiger partial charge is 0.457 e. The third kappa shape index (κ3) is 5.96. The number of alkyl halides is 3. The summed E-state index contributed by atoms with van der Waals surface area (Å²) in [6, 6.07) is 9.38. The molecule has 1 aromatic rings. The fourth-order valence-corrected chi connectivity index (χ4v) is 2.80. The zero-order valence-electron chi connectivity index (χ0n) is 14.9. The van der Waals surface area contributed by atoms with Gasteiger partial charge in [0.1, 0.15) is 6.10 Å². The lowest BCUT2D eigenvalue weighted by Crippen LogP contribution is -2.60. The van der Waals surface area contributed by atoms with E-state index in [4.69, 9.17) is 18.9 Å². The predicted octanol–water partition coefficient (Wildman–Crippen LogP) is 3.61. The monoisotopic (exact) mass is 376 g/mol. The van der Waals surface area contributed by atoms with Gasteiger partial charge in [-0.05, 0) is 19.4 Å². The van der Waals surface area contributed by atoms with Gasteiger partial charge in [-0.2, -0.15) is 13.2 Å². The number of carbonyl (C=O) groups excluding carboxylic acids is 1. The van der Waals surface area contributed by atoms with Crippen LogP contribution in [0.15, 0.2) is 30.3 Å². The van der Waals surface area contributed by atoms with Crippen molar-refractivity contribution in [1.29, 1.82) is 0 Å². The van der Waals surface area contributed by atoms with Crippen molar-refractivity contribution in [2.75, 3.05) is 6.61 Å². The minimum absolute atomic E-state index is 0.129. The number of ether oxygens (including phenoxy) is 4. The Morgan fingerprint density at radius 1 is 1.19 bits per heavy atom. The van der Waals surface area contributed by atoms with Crippen molar-refractivity contribution in [3.63, 3.8) is 0 Å². The van der Waals surface area contributed by atoms with Gasteiger partial charge in [0.25, 0.3) is 0 Å². The first-order chi connectivity index (χ1) is 12.1. The summed E-state index contributed by atoms with van der Waals surface area (Å²) < 4.78 is 61.1. The summed E-state index contributed by atoms with van der Waals surface area (Å²) in [7, 11) is 0. The molecule has 0 amide bonds. The number of halogens is 3. The molecule has 0 N–H and O–H groups in total. The van der Waals surface area contributed by atoms with E-state index in [-0.39, 0.29) is 13.0 Å². The van der Waals surface area contributed by atoms with Gasteiger partial charge in [0.2, 0.25) is 0 Å². The number of carbonyl (C=O) groups is 1. The molecule has 0 radical (unpaired) electrons. The summed E-state index contributed by atoms with van der Waals surface area (Å²) in [5, 5.41) is 0. The summed E-state index contributed by atoms with van der Waals surface area (Å²) in [5.41, 5.74) is 0.949.